The fraction of sp³-hybridized carbons (Fsp3) is 0.231. The molecule has 3 heterocycles. The molecular weight excluding hydrogens is 240 g/mol. The molecule has 1 N–H and O–H groups in total. The first-order valence-corrected chi connectivity index (χ1v) is 6.12. The van der Waals surface area contributed by atoms with Crippen LogP contribution in [0.25, 0.3) is 5.65 Å². The zero-order valence-electron chi connectivity index (χ0n) is 10.6. The van der Waals surface area contributed by atoms with Gasteiger partial charge in [0.05, 0.1) is 11.7 Å². The van der Waals surface area contributed by atoms with Crippen LogP contribution in [0.4, 0.5) is 0 Å². The van der Waals surface area contributed by atoms with Gasteiger partial charge in [0.1, 0.15) is 6.33 Å². The number of hydrogen-bond donors (Lipinski definition) is 1. The largest absolute Gasteiger partial charge is 0.302 e. The van der Waals surface area contributed by atoms with Crippen molar-refractivity contribution >= 4 is 5.65 Å². The predicted octanol–water partition coefficient (Wildman–Crippen LogP) is 1.37. The summed E-state index contributed by atoms with van der Waals surface area (Å²) in [6.45, 7) is 2.73. The Morgan fingerprint density at radius 2 is 2.21 bits per heavy atom. The molecule has 0 aliphatic rings. The van der Waals surface area contributed by atoms with Crippen LogP contribution in [0.1, 0.15) is 24.5 Å². The molecule has 6 nitrogen and oxygen atoms in total. The summed E-state index contributed by atoms with van der Waals surface area (Å²) >= 11 is 0. The van der Waals surface area contributed by atoms with Crippen molar-refractivity contribution in [3.8, 4) is 0 Å². The van der Waals surface area contributed by atoms with E-state index in [0.29, 0.717) is 6.54 Å². The molecule has 3 rings (SSSR count). The van der Waals surface area contributed by atoms with E-state index >= 15 is 0 Å². The van der Waals surface area contributed by atoms with Crippen LogP contribution < -0.4 is 5.32 Å². The number of aromatic nitrogens is 5. The summed E-state index contributed by atoms with van der Waals surface area (Å²) in [7, 11) is 0. The van der Waals surface area contributed by atoms with Crippen molar-refractivity contribution in [2.45, 2.75) is 19.5 Å². The van der Waals surface area contributed by atoms with Crippen LogP contribution in [-0.4, -0.2) is 24.6 Å². The van der Waals surface area contributed by atoms with Crippen molar-refractivity contribution in [3.05, 3.63) is 54.5 Å². The third-order valence-electron chi connectivity index (χ3n) is 2.96. The van der Waals surface area contributed by atoms with E-state index in [1.165, 1.54) is 0 Å². The highest BCUT2D eigenvalue weighted by Gasteiger charge is 2.12. The summed E-state index contributed by atoms with van der Waals surface area (Å²) in [5, 5.41) is 11.7. The van der Waals surface area contributed by atoms with E-state index in [1.54, 1.807) is 12.5 Å². The average Bonchev–Trinajstić information content (AvgIpc) is 2.90. The normalized spacial score (nSPS) is 12.7. The smallest absolute Gasteiger partial charge is 0.160 e. The van der Waals surface area contributed by atoms with Crippen LogP contribution in [0.15, 0.2) is 43.0 Å². The molecule has 0 radical (unpaired) electrons. The lowest BCUT2D eigenvalue weighted by Crippen LogP contribution is -2.20. The van der Waals surface area contributed by atoms with Crippen LogP contribution in [0, 0.1) is 0 Å². The molecule has 0 aliphatic heterocycles. The molecule has 0 aromatic carbocycles. The van der Waals surface area contributed by atoms with Gasteiger partial charge >= 0.3 is 0 Å². The van der Waals surface area contributed by atoms with Crippen LogP contribution in [0.2, 0.25) is 0 Å². The summed E-state index contributed by atoms with van der Waals surface area (Å²) in [6.07, 6.45) is 5.25. The standard InChI is InChI=1S/C13H14N6/c1-10(15-8-11-5-6-14-9-16-11)13-18-17-12-4-2-3-7-19(12)13/h2-7,9-10,15H,8H2,1H3. The Kier molecular flexibility index (Phi) is 3.16. The zero-order chi connectivity index (χ0) is 13.1. The number of rotatable bonds is 4. The van der Waals surface area contributed by atoms with Gasteiger partial charge in [-0.15, -0.1) is 10.2 Å². The summed E-state index contributed by atoms with van der Waals surface area (Å²) in [4.78, 5) is 8.08. The number of nitrogens with one attached hydrogen (secondary N) is 1. The zero-order valence-corrected chi connectivity index (χ0v) is 10.6. The van der Waals surface area contributed by atoms with Gasteiger partial charge in [0.2, 0.25) is 0 Å². The van der Waals surface area contributed by atoms with E-state index in [2.05, 4.69) is 32.4 Å². The molecule has 0 fully saturated rings. The molecule has 0 bridgehead atoms. The number of hydrogen-bond acceptors (Lipinski definition) is 5. The Hall–Kier alpha value is -2.34. The summed E-state index contributed by atoms with van der Waals surface area (Å²) in [5.41, 5.74) is 1.81. The van der Waals surface area contributed by atoms with E-state index in [9.17, 15) is 0 Å². The van der Waals surface area contributed by atoms with E-state index in [0.717, 1.165) is 17.2 Å². The second kappa shape index (κ2) is 5.11. The molecule has 0 aliphatic carbocycles. The lowest BCUT2D eigenvalue weighted by atomic mass is 10.3. The molecule has 1 unspecified atom stereocenters. The molecule has 0 spiro atoms. The lowest BCUT2D eigenvalue weighted by molar-refractivity contribution is 0.535. The van der Waals surface area contributed by atoms with Crippen molar-refractivity contribution in [1.29, 1.82) is 0 Å². The maximum atomic E-state index is 4.23. The molecule has 0 amide bonds. The molecule has 3 aromatic rings. The van der Waals surface area contributed by atoms with E-state index < -0.39 is 0 Å². The van der Waals surface area contributed by atoms with Gasteiger partial charge in [0, 0.05) is 18.9 Å². The van der Waals surface area contributed by atoms with Gasteiger partial charge in [-0.1, -0.05) is 6.07 Å². The third-order valence-corrected chi connectivity index (χ3v) is 2.96. The fourth-order valence-corrected chi connectivity index (χ4v) is 1.93. The van der Waals surface area contributed by atoms with Gasteiger partial charge < -0.3 is 5.32 Å². The highest BCUT2D eigenvalue weighted by molar-refractivity contribution is 5.37. The molecular formula is C13H14N6. The lowest BCUT2D eigenvalue weighted by Gasteiger charge is -2.11. The summed E-state index contributed by atoms with van der Waals surface area (Å²) in [5.74, 6) is 0.893. The van der Waals surface area contributed by atoms with Crippen molar-refractivity contribution in [2.75, 3.05) is 0 Å². The van der Waals surface area contributed by atoms with Gasteiger partial charge in [-0.2, -0.15) is 0 Å². The minimum atomic E-state index is 0.0902. The first-order valence-electron chi connectivity index (χ1n) is 6.12. The van der Waals surface area contributed by atoms with Crippen molar-refractivity contribution in [1.82, 2.24) is 29.9 Å². The quantitative estimate of drug-likeness (QED) is 0.761. The summed E-state index contributed by atoms with van der Waals surface area (Å²) in [6, 6.07) is 7.84. The SMILES string of the molecule is CC(NCc1ccncn1)c1nnc2ccccn12. The highest BCUT2D eigenvalue weighted by atomic mass is 15.3. The Labute approximate surface area is 110 Å². The van der Waals surface area contributed by atoms with E-state index in [-0.39, 0.29) is 6.04 Å². The van der Waals surface area contributed by atoms with Crippen molar-refractivity contribution in [3.63, 3.8) is 0 Å². The van der Waals surface area contributed by atoms with Gasteiger partial charge in [-0.3, -0.25) is 4.40 Å². The molecule has 6 heteroatoms. The van der Waals surface area contributed by atoms with Crippen LogP contribution in [0.5, 0.6) is 0 Å². The first kappa shape index (κ1) is 11.7. The van der Waals surface area contributed by atoms with Gasteiger partial charge in [0.15, 0.2) is 11.5 Å². The van der Waals surface area contributed by atoms with Crippen LogP contribution in [0.3, 0.4) is 0 Å². The Morgan fingerprint density at radius 1 is 1.26 bits per heavy atom. The molecule has 0 saturated carbocycles. The molecule has 19 heavy (non-hydrogen) atoms. The molecule has 3 aromatic heterocycles. The van der Waals surface area contributed by atoms with Crippen LogP contribution in [-0.2, 0) is 6.54 Å². The van der Waals surface area contributed by atoms with Gasteiger partial charge in [0.25, 0.3) is 0 Å². The maximum absolute atomic E-state index is 4.23. The average molecular weight is 254 g/mol. The monoisotopic (exact) mass is 254 g/mol. The van der Waals surface area contributed by atoms with E-state index in [1.807, 2.05) is 34.9 Å². The molecule has 96 valence electrons. The van der Waals surface area contributed by atoms with Gasteiger partial charge in [-0.05, 0) is 25.1 Å². The topological polar surface area (TPSA) is 68.0 Å². The summed E-state index contributed by atoms with van der Waals surface area (Å²) < 4.78 is 1.98. The first-order chi connectivity index (χ1) is 9.34. The van der Waals surface area contributed by atoms with Crippen LogP contribution >= 0.6 is 0 Å². The molecule has 0 saturated heterocycles. The van der Waals surface area contributed by atoms with Crippen molar-refractivity contribution < 1.29 is 0 Å². The second-order valence-corrected chi connectivity index (χ2v) is 4.29. The minimum absolute atomic E-state index is 0.0902. The van der Waals surface area contributed by atoms with Crippen molar-refractivity contribution in [2.24, 2.45) is 0 Å². The predicted molar refractivity (Wildman–Crippen MR) is 70.3 cm³/mol. The third kappa shape index (κ3) is 2.43. The van der Waals surface area contributed by atoms with Gasteiger partial charge in [-0.25, -0.2) is 9.97 Å². The second-order valence-electron chi connectivity index (χ2n) is 4.29. The Balaban J connectivity index is 1.75. The number of pyridine rings is 1. The number of fused-ring (bicyclic) bond motifs is 1. The minimum Gasteiger partial charge on any atom is -0.302 e. The maximum Gasteiger partial charge on any atom is 0.160 e. The number of nitrogens with zero attached hydrogens (tertiary/aromatic N) is 5. The highest BCUT2D eigenvalue weighted by Crippen LogP contribution is 2.12. The fourth-order valence-electron chi connectivity index (χ4n) is 1.93. The Morgan fingerprint density at radius 3 is 3.05 bits per heavy atom. The Bertz CT molecular complexity index is 663. The van der Waals surface area contributed by atoms with E-state index in [4.69, 9.17) is 0 Å². The molecule has 1 atom stereocenters.